The molecule has 1 aliphatic rings. The van der Waals surface area contributed by atoms with Crippen LogP contribution in [-0.4, -0.2) is 20.4 Å². The number of hydrogen-bond acceptors (Lipinski definition) is 3. The third-order valence-corrected chi connectivity index (χ3v) is 5.25. The molecule has 4 aromatic rings. The van der Waals surface area contributed by atoms with Crippen LogP contribution in [0, 0.1) is 12.8 Å². The lowest BCUT2D eigenvalue weighted by Crippen LogP contribution is -2.45. The van der Waals surface area contributed by atoms with Gasteiger partial charge in [-0.3, -0.25) is 14.2 Å². The van der Waals surface area contributed by atoms with Crippen LogP contribution < -0.4 is 10.9 Å². The molecule has 1 unspecified atom stereocenters. The minimum atomic E-state index is -0.613. The van der Waals surface area contributed by atoms with Gasteiger partial charge in [0.05, 0.1) is 17.4 Å². The molecule has 33 heavy (non-hydrogen) atoms. The molecule has 3 heterocycles. The number of rotatable bonds is 2. The lowest BCUT2D eigenvalue weighted by atomic mass is 10.0. The number of carbonyl (C=O) groups is 1. The predicted molar refractivity (Wildman–Crippen MR) is 135 cm³/mol. The summed E-state index contributed by atoms with van der Waals surface area (Å²) in [6.45, 7) is 12.7. The second kappa shape index (κ2) is 10.5. The number of amides is 1. The highest BCUT2D eigenvalue weighted by molar-refractivity contribution is 5.86. The number of aryl methyl sites for hydroxylation is 1. The molecule has 0 saturated carbocycles. The SMILES string of the molecule is CC.CC(C)C.Cc1ccc2nc3n(c(=O)c2c1)C(Cc1c[nH]c2ccccc12)C(=O)NC3. The quantitative estimate of drug-likeness (QED) is 0.439. The molecular weight excluding hydrogens is 412 g/mol. The Hall–Kier alpha value is -3.41. The van der Waals surface area contributed by atoms with Gasteiger partial charge in [-0.15, -0.1) is 0 Å². The zero-order chi connectivity index (χ0) is 24.1. The van der Waals surface area contributed by atoms with E-state index in [4.69, 9.17) is 0 Å². The van der Waals surface area contributed by atoms with Crippen molar-refractivity contribution in [1.82, 2.24) is 19.9 Å². The Balaban J connectivity index is 0.000000464. The first kappa shape index (κ1) is 24.2. The van der Waals surface area contributed by atoms with Gasteiger partial charge in [-0.1, -0.05) is 64.4 Å². The summed E-state index contributed by atoms with van der Waals surface area (Å²) in [6, 6.07) is 13.0. The second-order valence-corrected chi connectivity index (χ2v) is 8.75. The van der Waals surface area contributed by atoms with E-state index in [0.29, 0.717) is 23.1 Å². The second-order valence-electron chi connectivity index (χ2n) is 8.75. The number of H-pyrrole nitrogens is 1. The Kier molecular flexibility index (Phi) is 7.69. The standard InChI is InChI=1S/C21H18N4O2.C4H10.C2H6/c1-12-6-7-17-15(8-12)21(27)25-18(20(26)23-11-19(25)24-17)9-13-10-22-16-5-3-2-4-14(13)16;1-4(2)3;1-2/h2-8,10,18,22H,9,11H2,1H3,(H,23,26);4H,1-3H3;1-2H3. The molecule has 0 radical (unpaired) electrons. The summed E-state index contributed by atoms with van der Waals surface area (Å²) >= 11 is 0. The maximum absolute atomic E-state index is 13.2. The first-order valence-corrected chi connectivity index (χ1v) is 11.7. The van der Waals surface area contributed by atoms with E-state index in [2.05, 4.69) is 36.1 Å². The molecule has 0 bridgehead atoms. The summed E-state index contributed by atoms with van der Waals surface area (Å²) in [5.74, 6) is 1.28. The van der Waals surface area contributed by atoms with E-state index < -0.39 is 6.04 Å². The zero-order valence-electron chi connectivity index (χ0n) is 20.4. The fourth-order valence-corrected chi connectivity index (χ4v) is 3.90. The smallest absolute Gasteiger partial charge is 0.262 e. The monoisotopic (exact) mass is 446 g/mol. The molecule has 2 N–H and O–H groups in total. The molecule has 1 atom stereocenters. The van der Waals surface area contributed by atoms with Crippen LogP contribution in [0.3, 0.4) is 0 Å². The van der Waals surface area contributed by atoms with Gasteiger partial charge in [0.25, 0.3) is 5.56 Å². The molecule has 6 nitrogen and oxygen atoms in total. The summed E-state index contributed by atoms with van der Waals surface area (Å²) in [5, 5.41) is 4.50. The van der Waals surface area contributed by atoms with Gasteiger partial charge in [0, 0.05) is 23.5 Å². The van der Waals surface area contributed by atoms with Crippen molar-refractivity contribution < 1.29 is 4.79 Å². The summed E-state index contributed by atoms with van der Waals surface area (Å²) in [5.41, 5.74) is 3.53. The van der Waals surface area contributed by atoms with Crippen molar-refractivity contribution in [2.24, 2.45) is 5.92 Å². The molecule has 5 rings (SSSR count). The van der Waals surface area contributed by atoms with E-state index in [1.54, 1.807) is 4.57 Å². The van der Waals surface area contributed by atoms with Crippen molar-refractivity contribution in [3.63, 3.8) is 0 Å². The Bertz CT molecular complexity index is 1310. The minimum Gasteiger partial charge on any atom is -0.361 e. The highest BCUT2D eigenvalue weighted by Crippen LogP contribution is 2.25. The average molecular weight is 447 g/mol. The maximum atomic E-state index is 13.2. The number of aromatic nitrogens is 3. The molecule has 0 aliphatic carbocycles. The van der Waals surface area contributed by atoms with E-state index in [1.165, 1.54) is 0 Å². The van der Waals surface area contributed by atoms with Gasteiger partial charge in [-0.25, -0.2) is 4.98 Å². The molecule has 2 aromatic heterocycles. The molecular formula is C27H34N4O2. The number of benzene rings is 2. The van der Waals surface area contributed by atoms with Gasteiger partial charge in [0.2, 0.25) is 5.91 Å². The molecule has 1 aliphatic heterocycles. The Labute approximate surface area is 195 Å². The van der Waals surface area contributed by atoms with Crippen LogP contribution in [0.1, 0.15) is 57.6 Å². The van der Waals surface area contributed by atoms with Crippen LogP contribution in [0.2, 0.25) is 0 Å². The number of aromatic amines is 1. The van der Waals surface area contributed by atoms with E-state index in [0.717, 1.165) is 27.9 Å². The molecule has 0 spiro atoms. The highest BCUT2D eigenvalue weighted by Gasteiger charge is 2.30. The number of para-hydroxylation sites is 1. The summed E-state index contributed by atoms with van der Waals surface area (Å²) in [4.78, 5) is 33.7. The number of carbonyl (C=O) groups excluding carboxylic acids is 1. The lowest BCUT2D eigenvalue weighted by molar-refractivity contribution is -0.125. The van der Waals surface area contributed by atoms with Crippen LogP contribution in [-0.2, 0) is 17.8 Å². The van der Waals surface area contributed by atoms with Gasteiger partial charge < -0.3 is 10.3 Å². The number of nitrogens with zero attached hydrogens (tertiary/aromatic N) is 2. The van der Waals surface area contributed by atoms with E-state index >= 15 is 0 Å². The van der Waals surface area contributed by atoms with Crippen molar-refractivity contribution in [2.75, 3.05) is 0 Å². The fourth-order valence-electron chi connectivity index (χ4n) is 3.90. The van der Waals surface area contributed by atoms with Gasteiger partial charge >= 0.3 is 0 Å². The van der Waals surface area contributed by atoms with Gasteiger partial charge in [-0.2, -0.15) is 0 Å². The molecule has 0 saturated heterocycles. The van der Waals surface area contributed by atoms with E-state index in [9.17, 15) is 9.59 Å². The largest absolute Gasteiger partial charge is 0.361 e. The van der Waals surface area contributed by atoms with Gasteiger partial charge in [0.1, 0.15) is 11.9 Å². The van der Waals surface area contributed by atoms with E-state index in [1.807, 2.05) is 69.4 Å². The molecule has 2 aromatic carbocycles. The number of nitrogens with one attached hydrogen (secondary N) is 2. The topological polar surface area (TPSA) is 79.8 Å². The first-order valence-electron chi connectivity index (χ1n) is 11.7. The number of hydrogen-bond donors (Lipinski definition) is 2. The summed E-state index contributed by atoms with van der Waals surface area (Å²) < 4.78 is 1.57. The minimum absolute atomic E-state index is 0.149. The first-order chi connectivity index (χ1) is 15.8. The zero-order valence-corrected chi connectivity index (χ0v) is 20.4. The average Bonchev–Trinajstić information content (AvgIpc) is 3.20. The van der Waals surface area contributed by atoms with Crippen LogP contribution >= 0.6 is 0 Å². The highest BCUT2D eigenvalue weighted by atomic mass is 16.2. The van der Waals surface area contributed by atoms with Crippen LogP contribution in [0.15, 0.2) is 53.5 Å². The Morgan fingerprint density at radius 2 is 1.76 bits per heavy atom. The molecule has 6 heteroatoms. The van der Waals surface area contributed by atoms with Crippen LogP contribution in [0.25, 0.3) is 21.8 Å². The Morgan fingerprint density at radius 3 is 2.48 bits per heavy atom. The van der Waals surface area contributed by atoms with Crippen molar-refractivity contribution in [3.8, 4) is 0 Å². The van der Waals surface area contributed by atoms with Crippen LogP contribution in [0.5, 0.6) is 0 Å². The van der Waals surface area contributed by atoms with Crippen molar-refractivity contribution in [3.05, 3.63) is 76.0 Å². The van der Waals surface area contributed by atoms with Crippen LogP contribution in [0.4, 0.5) is 0 Å². The van der Waals surface area contributed by atoms with Crippen molar-refractivity contribution >= 4 is 27.7 Å². The number of fused-ring (bicyclic) bond motifs is 3. The lowest BCUT2D eigenvalue weighted by Gasteiger charge is -2.27. The van der Waals surface area contributed by atoms with Crippen molar-refractivity contribution in [2.45, 2.75) is 60.5 Å². The third-order valence-electron chi connectivity index (χ3n) is 5.25. The Morgan fingerprint density at radius 1 is 1.06 bits per heavy atom. The van der Waals surface area contributed by atoms with Gasteiger partial charge in [-0.05, 0) is 36.6 Å². The molecule has 174 valence electrons. The molecule has 0 fully saturated rings. The molecule has 1 amide bonds. The summed E-state index contributed by atoms with van der Waals surface area (Å²) in [6.07, 6.45) is 2.34. The van der Waals surface area contributed by atoms with Crippen molar-refractivity contribution in [1.29, 1.82) is 0 Å². The maximum Gasteiger partial charge on any atom is 0.262 e. The third kappa shape index (κ3) is 5.16. The van der Waals surface area contributed by atoms with Gasteiger partial charge in [0.15, 0.2) is 0 Å². The summed E-state index contributed by atoms with van der Waals surface area (Å²) in [7, 11) is 0. The normalized spacial score (nSPS) is 14.8. The fraction of sp³-hybridized carbons (Fsp3) is 0.370. The predicted octanol–water partition coefficient (Wildman–Crippen LogP) is 5.29. The van der Waals surface area contributed by atoms with E-state index in [-0.39, 0.29) is 18.0 Å².